The van der Waals surface area contributed by atoms with Gasteiger partial charge in [-0.1, -0.05) is 0 Å². The van der Waals surface area contributed by atoms with E-state index >= 15 is 0 Å². The topological polar surface area (TPSA) is 66.4 Å². The molecule has 1 unspecified atom stereocenters. The molecule has 1 rings (SSSR count). The average molecular weight is 143 g/mol. The first kappa shape index (κ1) is 7.05. The number of carboxylic acid groups (broad SMARTS) is 1. The first-order chi connectivity index (χ1) is 4.68. The van der Waals surface area contributed by atoms with Crippen molar-refractivity contribution in [2.45, 2.75) is 25.3 Å². The molecule has 0 saturated carbocycles. The summed E-state index contributed by atoms with van der Waals surface area (Å²) in [6, 6.07) is -0.134. The fourth-order valence-corrected chi connectivity index (χ4v) is 1.04. The van der Waals surface area contributed by atoms with Crippen LogP contribution in [0.4, 0.5) is 0 Å². The zero-order valence-electron chi connectivity index (χ0n) is 5.46. The van der Waals surface area contributed by atoms with E-state index < -0.39 is 5.97 Å². The quantitative estimate of drug-likeness (QED) is 0.559. The third kappa shape index (κ3) is 1.72. The van der Waals surface area contributed by atoms with Crippen molar-refractivity contribution in [1.82, 2.24) is 5.32 Å². The third-order valence-electron chi connectivity index (χ3n) is 1.51. The van der Waals surface area contributed by atoms with Crippen LogP contribution in [0.1, 0.15) is 19.3 Å². The lowest BCUT2D eigenvalue weighted by molar-refractivity contribution is -0.137. The highest BCUT2D eigenvalue weighted by atomic mass is 16.4. The molecule has 56 valence electrons. The van der Waals surface area contributed by atoms with Crippen LogP contribution >= 0.6 is 0 Å². The number of hydrogen-bond acceptors (Lipinski definition) is 2. The van der Waals surface area contributed by atoms with Crippen LogP contribution < -0.4 is 5.32 Å². The smallest absolute Gasteiger partial charge is 0.305 e. The van der Waals surface area contributed by atoms with Crippen molar-refractivity contribution in [2.75, 3.05) is 0 Å². The van der Waals surface area contributed by atoms with E-state index in [0.29, 0.717) is 12.8 Å². The molecular formula is C6H9NO3. The first-order valence-electron chi connectivity index (χ1n) is 3.19. The lowest BCUT2D eigenvalue weighted by Gasteiger charge is -2.03. The molecule has 4 heteroatoms. The van der Waals surface area contributed by atoms with Crippen LogP contribution in [0.3, 0.4) is 0 Å². The summed E-state index contributed by atoms with van der Waals surface area (Å²) < 4.78 is 0. The molecule has 10 heavy (non-hydrogen) atoms. The van der Waals surface area contributed by atoms with Gasteiger partial charge in [-0.05, 0) is 6.42 Å². The molecule has 0 aromatic heterocycles. The van der Waals surface area contributed by atoms with Gasteiger partial charge in [-0.15, -0.1) is 0 Å². The lowest BCUT2D eigenvalue weighted by atomic mass is 10.2. The number of rotatable bonds is 2. The summed E-state index contributed by atoms with van der Waals surface area (Å²) in [5.41, 5.74) is 0. The number of amides is 1. The molecular weight excluding hydrogens is 134 g/mol. The van der Waals surface area contributed by atoms with E-state index in [1.54, 1.807) is 0 Å². The molecule has 0 aromatic carbocycles. The molecule has 1 heterocycles. The molecule has 1 amide bonds. The van der Waals surface area contributed by atoms with Gasteiger partial charge in [-0.25, -0.2) is 0 Å². The molecule has 0 spiro atoms. The minimum absolute atomic E-state index is 0.0359. The van der Waals surface area contributed by atoms with Crippen molar-refractivity contribution in [3.63, 3.8) is 0 Å². The Morgan fingerprint density at radius 1 is 1.80 bits per heavy atom. The van der Waals surface area contributed by atoms with Crippen LogP contribution in [0.25, 0.3) is 0 Å². The van der Waals surface area contributed by atoms with Crippen LogP contribution in [-0.2, 0) is 9.59 Å². The Morgan fingerprint density at radius 3 is 2.90 bits per heavy atom. The van der Waals surface area contributed by atoms with E-state index in [-0.39, 0.29) is 18.4 Å². The summed E-state index contributed by atoms with van der Waals surface area (Å²) in [7, 11) is 0. The molecule has 1 fully saturated rings. The van der Waals surface area contributed by atoms with Crippen molar-refractivity contribution in [1.29, 1.82) is 0 Å². The van der Waals surface area contributed by atoms with Gasteiger partial charge in [0.2, 0.25) is 5.91 Å². The maximum atomic E-state index is 10.5. The Bertz CT molecular complexity index is 166. The van der Waals surface area contributed by atoms with Crippen LogP contribution in [0, 0.1) is 0 Å². The van der Waals surface area contributed by atoms with Gasteiger partial charge in [0.25, 0.3) is 0 Å². The van der Waals surface area contributed by atoms with Crippen LogP contribution in [0.2, 0.25) is 0 Å². The summed E-state index contributed by atoms with van der Waals surface area (Å²) in [5.74, 6) is -0.890. The van der Waals surface area contributed by atoms with Gasteiger partial charge in [0.1, 0.15) is 0 Å². The molecule has 1 aliphatic heterocycles. The van der Waals surface area contributed by atoms with Crippen molar-refractivity contribution in [3.8, 4) is 0 Å². The van der Waals surface area contributed by atoms with Crippen molar-refractivity contribution in [3.05, 3.63) is 0 Å². The molecule has 0 aromatic rings. The summed E-state index contributed by atoms with van der Waals surface area (Å²) >= 11 is 0. The third-order valence-corrected chi connectivity index (χ3v) is 1.51. The number of carbonyl (C=O) groups is 2. The van der Waals surface area contributed by atoms with E-state index in [4.69, 9.17) is 5.11 Å². The number of nitrogens with one attached hydrogen (secondary N) is 1. The first-order valence-corrected chi connectivity index (χ1v) is 3.19. The molecule has 0 bridgehead atoms. The monoisotopic (exact) mass is 143 g/mol. The Balaban J connectivity index is 2.31. The van der Waals surface area contributed by atoms with Crippen LogP contribution in [0.5, 0.6) is 0 Å². The standard InChI is InChI=1S/C6H9NO3/c8-5-2-1-4(7-5)3-6(9)10/h4H,1-3H2,(H,7,8)(H,9,10). The SMILES string of the molecule is O=C(O)CC1CCC(=O)N1. The normalized spacial score (nSPS) is 24.4. The Kier molecular flexibility index (Phi) is 1.89. The minimum Gasteiger partial charge on any atom is -0.481 e. The van der Waals surface area contributed by atoms with Crippen molar-refractivity contribution < 1.29 is 14.7 Å². The molecule has 2 N–H and O–H groups in total. The summed E-state index contributed by atoms with van der Waals surface area (Å²) in [6.07, 6.45) is 1.18. The predicted molar refractivity (Wildman–Crippen MR) is 33.4 cm³/mol. The highest BCUT2D eigenvalue weighted by molar-refractivity contribution is 5.79. The van der Waals surface area contributed by atoms with Gasteiger partial charge in [0, 0.05) is 12.5 Å². The zero-order chi connectivity index (χ0) is 7.56. The Hall–Kier alpha value is -1.06. The molecule has 4 nitrogen and oxygen atoms in total. The molecule has 1 aliphatic rings. The van der Waals surface area contributed by atoms with Gasteiger partial charge in [0.05, 0.1) is 6.42 Å². The lowest BCUT2D eigenvalue weighted by Crippen LogP contribution is -2.27. The molecule has 0 aliphatic carbocycles. The highest BCUT2D eigenvalue weighted by Crippen LogP contribution is 2.09. The van der Waals surface area contributed by atoms with Gasteiger partial charge in [-0.2, -0.15) is 0 Å². The largest absolute Gasteiger partial charge is 0.481 e. The van der Waals surface area contributed by atoms with Gasteiger partial charge < -0.3 is 10.4 Å². The maximum Gasteiger partial charge on any atom is 0.305 e. The van der Waals surface area contributed by atoms with E-state index in [0.717, 1.165) is 0 Å². The maximum absolute atomic E-state index is 10.5. The Morgan fingerprint density at radius 2 is 2.50 bits per heavy atom. The number of carboxylic acids is 1. The van der Waals surface area contributed by atoms with Gasteiger partial charge >= 0.3 is 5.97 Å². The highest BCUT2D eigenvalue weighted by Gasteiger charge is 2.22. The molecule has 1 atom stereocenters. The van der Waals surface area contributed by atoms with E-state index in [9.17, 15) is 9.59 Å². The van der Waals surface area contributed by atoms with Gasteiger partial charge in [-0.3, -0.25) is 9.59 Å². The zero-order valence-corrected chi connectivity index (χ0v) is 5.46. The fourth-order valence-electron chi connectivity index (χ4n) is 1.04. The number of aliphatic carboxylic acids is 1. The summed E-state index contributed by atoms with van der Waals surface area (Å²) in [5, 5.41) is 10.9. The predicted octanol–water partition coefficient (Wildman–Crippen LogP) is -0.260. The second-order valence-corrected chi connectivity index (χ2v) is 2.40. The van der Waals surface area contributed by atoms with E-state index in [1.807, 2.05) is 0 Å². The molecule has 0 radical (unpaired) electrons. The minimum atomic E-state index is -0.854. The fraction of sp³-hybridized carbons (Fsp3) is 0.667. The van der Waals surface area contributed by atoms with E-state index in [1.165, 1.54) is 0 Å². The van der Waals surface area contributed by atoms with Crippen molar-refractivity contribution in [2.24, 2.45) is 0 Å². The van der Waals surface area contributed by atoms with Gasteiger partial charge in [0.15, 0.2) is 0 Å². The second-order valence-electron chi connectivity index (χ2n) is 2.40. The number of hydrogen-bond donors (Lipinski definition) is 2. The summed E-state index contributed by atoms with van der Waals surface area (Å²) in [4.78, 5) is 20.6. The Labute approximate surface area is 58.2 Å². The van der Waals surface area contributed by atoms with Crippen LogP contribution in [-0.4, -0.2) is 23.0 Å². The summed E-state index contributed by atoms with van der Waals surface area (Å²) in [6.45, 7) is 0. The number of carbonyl (C=O) groups excluding carboxylic acids is 1. The second kappa shape index (κ2) is 2.68. The van der Waals surface area contributed by atoms with Crippen LogP contribution in [0.15, 0.2) is 0 Å². The van der Waals surface area contributed by atoms with E-state index in [2.05, 4.69) is 5.32 Å². The molecule has 1 saturated heterocycles. The van der Waals surface area contributed by atoms with Crippen molar-refractivity contribution >= 4 is 11.9 Å². The average Bonchev–Trinajstić information content (AvgIpc) is 2.13.